The van der Waals surface area contributed by atoms with E-state index in [9.17, 15) is 14.7 Å². The van der Waals surface area contributed by atoms with E-state index in [2.05, 4.69) is 31.2 Å². The van der Waals surface area contributed by atoms with Gasteiger partial charge in [0.2, 0.25) is 0 Å². The van der Waals surface area contributed by atoms with E-state index in [1.165, 1.54) is 70.6 Å². The second-order valence-corrected chi connectivity index (χ2v) is 9.48. The second-order valence-electron chi connectivity index (χ2n) is 9.48. The zero-order valence-electron chi connectivity index (χ0n) is 22.8. The number of hydrogen-bond donors (Lipinski definition) is 1. The molecule has 1 N–H and O–H groups in total. The summed E-state index contributed by atoms with van der Waals surface area (Å²) in [4.78, 5) is 23.4. The Bertz CT molecular complexity index is 541. The van der Waals surface area contributed by atoms with Crippen molar-refractivity contribution in [3.63, 3.8) is 0 Å². The molecule has 1 unspecified atom stereocenters. The topological polar surface area (TPSA) is 72.8 Å². The zero-order valence-corrected chi connectivity index (χ0v) is 22.8. The summed E-state index contributed by atoms with van der Waals surface area (Å²) in [6.45, 7) is 3.84. The van der Waals surface area contributed by atoms with E-state index in [0.29, 0.717) is 12.8 Å². The van der Waals surface area contributed by atoms with E-state index < -0.39 is 6.10 Å². The second kappa shape index (κ2) is 27.0. The number of esters is 2. The van der Waals surface area contributed by atoms with Crippen molar-refractivity contribution in [3.05, 3.63) is 24.3 Å². The third kappa shape index (κ3) is 25.3. The third-order valence-electron chi connectivity index (χ3n) is 6.00. The highest BCUT2D eigenvalue weighted by Crippen LogP contribution is 2.12. The molecule has 5 heteroatoms. The van der Waals surface area contributed by atoms with Crippen LogP contribution in [0.4, 0.5) is 0 Å². The van der Waals surface area contributed by atoms with Gasteiger partial charge in [-0.25, -0.2) is 0 Å². The minimum Gasteiger partial charge on any atom is -0.462 e. The SMILES string of the molecule is CCCCC/C=C\C/C=C\CCCCCCCCCCCC(=O)OC(CO)COC(=O)CCCC. The van der Waals surface area contributed by atoms with Crippen molar-refractivity contribution in [1.29, 1.82) is 0 Å². The molecule has 0 radical (unpaired) electrons. The number of carbonyl (C=O) groups is 2. The van der Waals surface area contributed by atoms with Crippen LogP contribution < -0.4 is 0 Å². The average Bonchev–Trinajstić information content (AvgIpc) is 2.86. The number of allylic oxidation sites excluding steroid dienone is 4. The van der Waals surface area contributed by atoms with Crippen molar-refractivity contribution >= 4 is 11.9 Å². The lowest BCUT2D eigenvalue weighted by atomic mass is 10.1. The third-order valence-corrected chi connectivity index (χ3v) is 6.00. The lowest BCUT2D eigenvalue weighted by Crippen LogP contribution is -2.28. The van der Waals surface area contributed by atoms with Gasteiger partial charge in [0.05, 0.1) is 6.61 Å². The van der Waals surface area contributed by atoms with Crippen molar-refractivity contribution in [3.8, 4) is 0 Å². The highest BCUT2D eigenvalue weighted by atomic mass is 16.6. The molecule has 5 nitrogen and oxygen atoms in total. The van der Waals surface area contributed by atoms with Crippen molar-refractivity contribution in [2.24, 2.45) is 0 Å². The van der Waals surface area contributed by atoms with Crippen LogP contribution in [-0.2, 0) is 19.1 Å². The molecule has 204 valence electrons. The summed E-state index contributed by atoms with van der Waals surface area (Å²) in [6, 6.07) is 0. The van der Waals surface area contributed by atoms with Crippen LogP contribution in [0.25, 0.3) is 0 Å². The Morgan fingerprint density at radius 1 is 0.657 bits per heavy atom. The Hall–Kier alpha value is -1.62. The molecule has 0 fully saturated rings. The van der Waals surface area contributed by atoms with E-state index in [4.69, 9.17) is 9.47 Å². The summed E-state index contributed by atoms with van der Waals surface area (Å²) in [5.74, 6) is -0.639. The lowest BCUT2D eigenvalue weighted by molar-refractivity contribution is -0.161. The molecule has 35 heavy (non-hydrogen) atoms. The molecule has 0 aliphatic rings. The first-order valence-corrected chi connectivity index (χ1v) is 14.4. The first kappa shape index (κ1) is 33.4. The van der Waals surface area contributed by atoms with E-state index in [1.807, 2.05) is 6.92 Å². The van der Waals surface area contributed by atoms with Gasteiger partial charge in [0.25, 0.3) is 0 Å². The predicted octanol–water partition coefficient (Wildman–Crippen LogP) is 8.00. The molecule has 0 saturated heterocycles. The summed E-state index contributed by atoms with van der Waals surface area (Å²) >= 11 is 0. The van der Waals surface area contributed by atoms with Gasteiger partial charge in [-0.3, -0.25) is 9.59 Å². The molecule has 0 aliphatic carbocycles. The van der Waals surface area contributed by atoms with Gasteiger partial charge < -0.3 is 14.6 Å². The molecule has 0 aromatic carbocycles. The van der Waals surface area contributed by atoms with Crippen molar-refractivity contribution in [2.75, 3.05) is 13.2 Å². The fraction of sp³-hybridized carbons (Fsp3) is 0.800. The number of unbranched alkanes of at least 4 members (excludes halogenated alkanes) is 13. The molecule has 0 bridgehead atoms. The highest BCUT2D eigenvalue weighted by Gasteiger charge is 2.15. The summed E-state index contributed by atoms with van der Waals surface area (Å²) in [6.07, 6.45) is 28.9. The first-order chi connectivity index (χ1) is 17.1. The Morgan fingerprint density at radius 2 is 1.17 bits per heavy atom. The van der Waals surface area contributed by atoms with E-state index in [1.54, 1.807) is 0 Å². The largest absolute Gasteiger partial charge is 0.462 e. The molecule has 0 rings (SSSR count). The molecular formula is C30H54O5. The molecule has 0 amide bonds. The van der Waals surface area contributed by atoms with Crippen LogP contribution in [0, 0.1) is 0 Å². The highest BCUT2D eigenvalue weighted by molar-refractivity contribution is 5.70. The van der Waals surface area contributed by atoms with Crippen LogP contribution in [0.3, 0.4) is 0 Å². The molecule has 0 aliphatic heterocycles. The summed E-state index contributed by atoms with van der Waals surface area (Å²) in [7, 11) is 0. The standard InChI is InChI=1S/C30H54O5/c1-3-5-7-8-9-10-11-12-13-14-15-16-17-18-19-20-21-22-23-25-30(33)35-28(26-31)27-34-29(32)24-6-4-2/h9-10,12-13,28,31H,3-8,11,14-27H2,1-2H3/b10-9-,13-12-. The maximum absolute atomic E-state index is 11.9. The Kier molecular flexibility index (Phi) is 25.7. The van der Waals surface area contributed by atoms with E-state index in [-0.39, 0.29) is 25.2 Å². The number of ether oxygens (including phenoxy) is 2. The Labute approximate surface area is 215 Å². The van der Waals surface area contributed by atoms with Gasteiger partial charge in [-0.1, -0.05) is 102 Å². The van der Waals surface area contributed by atoms with E-state index in [0.717, 1.165) is 38.5 Å². The molecule has 0 aromatic rings. The maximum Gasteiger partial charge on any atom is 0.306 e. The van der Waals surface area contributed by atoms with Crippen LogP contribution in [0.2, 0.25) is 0 Å². The minimum absolute atomic E-state index is 0.0718. The first-order valence-electron chi connectivity index (χ1n) is 14.4. The number of aliphatic hydroxyl groups is 1. The quantitative estimate of drug-likeness (QED) is 0.0790. The van der Waals surface area contributed by atoms with Gasteiger partial charge in [-0.2, -0.15) is 0 Å². The van der Waals surface area contributed by atoms with E-state index >= 15 is 0 Å². The van der Waals surface area contributed by atoms with Crippen LogP contribution >= 0.6 is 0 Å². The molecule has 1 atom stereocenters. The van der Waals surface area contributed by atoms with Crippen LogP contribution in [0.1, 0.15) is 136 Å². The van der Waals surface area contributed by atoms with Gasteiger partial charge in [0, 0.05) is 12.8 Å². The molecule has 0 heterocycles. The molecule has 0 saturated carbocycles. The predicted molar refractivity (Wildman–Crippen MR) is 145 cm³/mol. The van der Waals surface area contributed by atoms with Crippen LogP contribution in [-0.4, -0.2) is 36.4 Å². The van der Waals surface area contributed by atoms with Gasteiger partial charge in [-0.15, -0.1) is 0 Å². The lowest BCUT2D eigenvalue weighted by Gasteiger charge is -2.15. The summed E-state index contributed by atoms with van der Waals surface area (Å²) in [5.41, 5.74) is 0. The number of carbonyl (C=O) groups excluding carboxylic acids is 2. The Morgan fingerprint density at radius 3 is 1.74 bits per heavy atom. The summed E-state index contributed by atoms with van der Waals surface area (Å²) in [5, 5.41) is 9.32. The normalized spacial score (nSPS) is 12.4. The average molecular weight is 495 g/mol. The van der Waals surface area contributed by atoms with Crippen molar-refractivity contribution < 1.29 is 24.2 Å². The van der Waals surface area contributed by atoms with Crippen molar-refractivity contribution in [1.82, 2.24) is 0 Å². The van der Waals surface area contributed by atoms with Gasteiger partial charge in [0.1, 0.15) is 6.61 Å². The summed E-state index contributed by atoms with van der Waals surface area (Å²) < 4.78 is 10.3. The minimum atomic E-state index is -0.763. The van der Waals surface area contributed by atoms with Gasteiger partial charge >= 0.3 is 11.9 Å². The molecule has 0 aromatic heterocycles. The molecule has 0 spiro atoms. The monoisotopic (exact) mass is 494 g/mol. The fourth-order valence-corrected chi connectivity index (χ4v) is 3.74. The zero-order chi connectivity index (χ0) is 25.8. The van der Waals surface area contributed by atoms with Crippen molar-refractivity contribution in [2.45, 2.75) is 142 Å². The van der Waals surface area contributed by atoms with Gasteiger partial charge in [0.15, 0.2) is 6.10 Å². The fourth-order valence-electron chi connectivity index (χ4n) is 3.74. The van der Waals surface area contributed by atoms with Gasteiger partial charge in [-0.05, 0) is 44.9 Å². The smallest absolute Gasteiger partial charge is 0.306 e. The van der Waals surface area contributed by atoms with Crippen LogP contribution in [0.15, 0.2) is 24.3 Å². The molecular weight excluding hydrogens is 440 g/mol. The Balaban J connectivity index is 3.48. The number of aliphatic hydroxyl groups excluding tert-OH is 1. The van der Waals surface area contributed by atoms with Crippen LogP contribution in [0.5, 0.6) is 0 Å². The number of rotatable bonds is 25. The maximum atomic E-state index is 11.9. The number of hydrogen-bond acceptors (Lipinski definition) is 5.